The summed E-state index contributed by atoms with van der Waals surface area (Å²) < 4.78 is 2.02. The van der Waals surface area contributed by atoms with Crippen molar-refractivity contribution in [2.45, 2.75) is 44.5 Å². The summed E-state index contributed by atoms with van der Waals surface area (Å²) in [6, 6.07) is 0.458. The van der Waals surface area contributed by atoms with Gasteiger partial charge < -0.3 is 5.32 Å². The molecule has 1 aromatic rings. The second kappa shape index (κ2) is 5.73. The Morgan fingerprint density at radius 3 is 3.12 bits per heavy atom. The maximum absolute atomic E-state index is 4.34. The van der Waals surface area contributed by atoms with E-state index in [0.29, 0.717) is 6.04 Å². The molecule has 0 radical (unpaired) electrons. The van der Waals surface area contributed by atoms with E-state index < -0.39 is 0 Å². The Hall–Kier alpha value is -0.480. The molecular formula is C12H21N3S. The Morgan fingerprint density at radius 1 is 1.62 bits per heavy atom. The predicted molar refractivity (Wildman–Crippen MR) is 69.8 cm³/mol. The summed E-state index contributed by atoms with van der Waals surface area (Å²) in [6.07, 6.45) is 6.87. The molecule has 4 heteroatoms. The van der Waals surface area contributed by atoms with Crippen molar-refractivity contribution in [2.24, 2.45) is 0 Å². The van der Waals surface area contributed by atoms with Crippen LogP contribution in [0.25, 0.3) is 0 Å². The Bertz CT molecular complexity index is 316. The van der Waals surface area contributed by atoms with E-state index in [-0.39, 0.29) is 0 Å². The van der Waals surface area contributed by atoms with E-state index in [4.69, 9.17) is 0 Å². The van der Waals surface area contributed by atoms with Crippen LogP contribution in [0.3, 0.4) is 0 Å². The summed E-state index contributed by atoms with van der Waals surface area (Å²) in [5.41, 5.74) is 1.29. The molecule has 90 valence electrons. The van der Waals surface area contributed by atoms with Crippen molar-refractivity contribution in [3.05, 3.63) is 18.0 Å². The summed E-state index contributed by atoms with van der Waals surface area (Å²) in [4.78, 5) is 0. The maximum Gasteiger partial charge on any atom is 0.0534 e. The molecule has 1 N–H and O–H groups in total. The fourth-order valence-electron chi connectivity index (χ4n) is 1.93. The number of nitrogens with zero attached hydrogens (tertiary/aromatic N) is 2. The molecular weight excluding hydrogens is 218 g/mol. The van der Waals surface area contributed by atoms with Crippen LogP contribution in [0.4, 0.5) is 0 Å². The van der Waals surface area contributed by atoms with Gasteiger partial charge in [-0.3, -0.25) is 4.68 Å². The number of rotatable bonds is 5. The third kappa shape index (κ3) is 3.25. The summed E-state index contributed by atoms with van der Waals surface area (Å²) in [5.74, 6) is 1.34. The van der Waals surface area contributed by atoms with Gasteiger partial charge in [-0.25, -0.2) is 0 Å². The van der Waals surface area contributed by atoms with E-state index in [9.17, 15) is 0 Å². The second-order valence-electron chi connectivity index (χ2n) is 4.69. The molecule has 0 saturated carbocycles. The lowest BCUT2D eigenvalue weighted by atomic mass is 10.2. The Kier molecular flexibility index (Phi) is 4.29. The first kappa shape index (κ1) is 12.0. The first-order valence-electron chi connectivity index (χ1n) is 6.11. The third-order valence-corrected chi connectivity index (χ3v) is 4.31. The minimum atomic E-state index is 0.458. The first-order valence-corrected chi connectivity index (χ1v) is 7.16. The van der Waals surface area contributed by atoms with E-state index in [1.165, 1.54) is 24.2 Å². The highest BCUT2D eigenvalue weighted by molar-refractivity contribution is 8.00. The van der Waals surface area contributed by atoms with Crippen molar-refractivity contribution in [3.8, 4) is 0 Å². The van der Waals surface area contributed by atoms with Crippen LogP contribution in [-0.4, -0.2) is 27.3 Å². The zero-order valence-corrected chi connectivity index (χ0v) is 11.0. The highest BCUT2D eigenvalue weighted by Gasteiger charge is 2.14. The van der Waals surface area contributed by atoms with Crippen LogP contribution in [0.1, 0.15) is 38.3 Å². The number of hydrogen-bond acceptors (Lipinski definition) is 3. The van der Waals surface area contributed by atoms with Gasteiger partial charge in [0, 0.05) is 36.1 Å². The van der Waals surface area contributed by atoms with Gasteiger partial charge in [0.2, 0.25) is 0 Å². The van der Waals surface area contributed by atoms with Gasteiger partial charge in [0.1, 0.15) is 0 Å². The van der Waals surface area contributed by atoms with Crippen LogP contribution in [-0.2, 0) is 6.54 Å². The Balaban J connectivity index is 1.72. The standard InChI is InChI=1S/C12H21N3S/c1-10(2)15-9-11(7-14-15)6-13-8-12-4-3-5-16-12/h7,9-10,12-13H,3-6,8H2,1-2H3. The van der Waals surface area contributed by atoms with Gasteiger partial charge in [-0.1, -0.05) is 0 Å². The van der Waals surface area contributed by atoms with Crippen molar-refractivity contribution < 1.29 is 0 Å². The largest absolute Gasteiger partial charge is 0.311 e. The lowest BCUT2D eigenvalue weighted by Gasteiger charge is -2.08. The third-order valence-electron chi connectivity index (χ3n) is 2.91. The van der Waals surface area contributed by atoms with Crippen LogP contribution in [0.2, 0.25) is 0 Å². The minimum absolute atomic E-state index is 0.458. The van der Waals surface area contributed by atoms with Crippen LogP contribution in [0, 0.1) is 0 Å². The minimum Gasteiger partial charge on any atom is -0.311 e. The monoisotopic (exact) mass is 239 g/mol. The average Bonchev–Trinajstić information content (AvgIpc) is 2.87. The average molecular weight is 239 g/mol. The molecule has 2 rings (SSSR count). The topological polar surface area (TPSA) is 29.9 Å². The van der Waals surface area contributed by atoms with Crippen LogP contribution in [0.5, 0.6) is 0 Å². The molecule has 1 aliphatic rings. The molecule has 0 spiro atoms. The van der Waals surface area contributed by atoms with E-state index in [1.54, 1.807) is 0 Å². The smallest absolute Gasteiger partial charge is 0.0534 e. The highest BCUT2D eigenvalue weighted by Crippen LogP contribution is 2.25. The van der Waals surface area contributed by atoms with Crippen molar-refractivity contribution in [1.29, 1.82) is 0 Å². The number of aromatic nitrogens is 2. The number of thioether (sulfide) groups is 1. The molecule has 1 unspecified atom stereocenters. The van der Waals surface area contributed by atoms with Gasteiger partial charge in [-0.2, -0.15) is 16.9 Å². The van der Waals surface area contributed by atoms with Gasteiger partial charge in [-0.05, 0) is 32.4 Å². The molecule has 1 aromatic heterocycles. The van der Waals surface area contributed by atoms with Gasteiger partial charge in [0.05, 0.1) is 6.20 Å². The molecule has 1 saturated heterocycles. The molecule has 0 amide bonds. The lowest BCUT2D eigenvalue weighted by molar-refractivity contribution is 0.531. The van der Waals surface area contributed by atoms with Crippen molar-refractivity contribution >= 4 is 11.8 Å². The van der Waals surface area contributed by atoms with Gasteiger partial charge in [0.25, 0.3) is 0 Å². The van der Waals surface area contributed by atoms with E-state index >= 15 is 0 Å². The van der Waals surface area contributed by atoms with Crippen LogP contribution in [0.15, 0.2) is 12.4 Å². The molecule has 2 heterocycles. The molecule has 1 fully saturated rings. The number of hydrogen-bond donors (Lipinski definition) is 1. The Morgan fingerprint density at radius 2 is 2.50 bits per heavy atom. The summed E-state index contributed by atoms with van der Waals surface area (Å²) >= 11 is 2.10. The quantitative estimate of drug-likeness (QED) is 0.856. The maximum atomic E-state index is 4.34. The van der Waals surface area contributed by atoms with Gasteiger partial charge in [0.15, 0.2) is 0 Å². The molecule has 1 atom stereocenters. The lowest BCUT2D eigenvalue weighted by Crippen LogP contribution is -2.22. The van der Waals surface area contributed by atoms with Crippen molar-refractivity contribution in [1.82, 2.24) is 15.1 Å². The zero-order chi connectivity index (χ0) is 11.4. The second-order valence-corrected chi connectivity index (χ2v) is 6.10. The summed E-state index contributed by atoms with van der Waals surface area (Å²) in [7, 11) is 0. The first-order chi connectivity index (χ1) is 7.75. The molecule has 0 bridgehead atoms. The predicted octanol–water partition coefficient (Wildman–Crippen LogP) is 2.45. The molecule has 3 nitrogen and oxygen atoms in total. The summed E-state index contributed by atoms with van der Waals surface area (Å²) in [6.45, 7) is 6.39. The fraction of sp³-hybridized carbons (Fsp3) is 0.750. The van der Waals surface area contributed by atoms with E-state index in [2.05, 4.69) is 42.2 Å². The fourth-order valence-corrected chi connectivity index (χ4v) is 3.17. The van der Waals surface area contributed by atoms with Gasteiger partial charge >= 0.3 is 0 Å². The molecule has 0 aliphatic carbocycles. The Labute approximate surface area is 102 Å². The molecule has 1 aliphatic heterocycles. The van der Waals surface area contributed by atoms with Crippen LogP contribution >= 0.6 is 11.8 Å². The SMILES string of the molecule is CC(C)n1cc(CNCC2CCCS2)cn1. The zero-order valence-electron chi connectivity index (χ0n) is 10.1. The van der Waals surface area contributed by atoms with Gasteiger partial charge in [-0.15, -0.1) is 0 Å². The molecule has 16 heavy (non-hydrogen) atoms. The van der Waals surface area contributed by atoms with Crippen molar-refractivity contribution in [2.75, 3.05) is 12.3 Å². The van der Waals surface area contributed by atoms with E-state index in [1.807, 2.05) is 10.9 Å². The van der Waals surface area contributed by atoms with Crippen molar-refractivity contribution in [3.63, 3.8) is 0 Å². The molecule has 0 aromatic carbocycles. The van der Waals surface area contributed by atoms with Crippen LogP contribution < -0.4 is 5.32 Å². The summed E-state index contributed by atoms with van der Waals surface area (Å²) in [5, 5.41) is 8.69. The van der Waals surface area contributed by atoms with E-state index in [0.717, 1.165) is 18.3 Å². The normalized spacial score (nSPS) is 20.8. The highest BCUT2D eigenvalue weighted by atomic mass is 32.2. The number of nitrogens with one attached hydrogen (secondary N) is 1.